The number of likely N-dealkylation sites (N-methyl/N-ethyl adjacent to an activating group) is 1. The van der Waals surface area contributed by atoms with E-state index in [1.54, 1.807) is 6.07 Å². The van der Waals surface area contributed by atoms with Gasteiger partial charge in [0.1, 0.15) is 12.6 Å². The molecule has 0 aliphatic rings. The van der Waals surface area contributed by atoms with Crippen molar-refractivity contribution in [3.8, 4) is 0 Å². The number of halogens is 1. The van der Waals surface area contributed by atoms with E-state index in [1.807, 2.05) is 87.5 Å². The summed E-state index contributed by atoms with van der Waals surface area (Å²) in [5.74, 6) is -0.785. The molecular formula is C30H37BrN4O4S. The lowest BCUT2D eigenvalue weighted by Crippen LogP contribution is -2.54. The van der Waals surface area contributed by atoms with E-state index >= 15 is 0 Å². The number of amides is 2. The van der Waals surface area contributed by atoms with Crippen molar-refractivity contribution in [2.45, 2.75) is 39.8 Å². The van der Waals surface area contributed by atoms with Gasteiger partial charge in [0.2, 0.25) is 11.8 Å². The van der Waals surface area contributed by atoms with Crippen LogP contribution in [-0.4, -0.2) is 62.7 Å². The average molecular weight is 630 g/mol. The number of rotatable bonds is 12. The van der Waals surface area contributed by atoms with E-state index in [4.69, 9.17) is 0 Å². The van der Waals surface area contributed by atoms with Crippen LogP contribution in [0.25, 0.3) is 0 Å². The normalized spacial score (nSPS) is 12.2. The molecule has 0 unspecified atom stereocenters. The molecule has 8 nitrogen and oxygen atoms in total. The summed E-state index contributed by atoms with van der Waals surface area (Å²) in [6, 6.07) is 21.6. The molecule has 3 aromatic rings. The Morgan fingerprint density at radius 3 is 2.17 bits per heavy atom. The predicted molar refractivity (Wildman–Crippen MR) is 163 cm³/mol. The van der Waals surface area contributed by atoms with Gasteiger partial charge in [0, 0.05) is 38.1 Å². The summed E-state index contributed by atoms with van der Waals surface area (Å²) in [6.07, 6.45) is 0.277. The van der Waals surface area contributed by atoms with Crippen molar-refractivity contribution >= 4 is 43.6 Å². The third-order valence-electron chi connectivity index (χ3n) is 6.54. The number of nitrogens with zero attached hydrogens (tertiary/aromatic N) is 3. The zero-order valence-electron chi connectivity index (χ0n) is 23.6. The summed E-state index contributed by atoms with van der Waals surface area (Å²) in [5, 5.41) is 2.87. The van der Waals surface area contributed by atoms with Gasteiger partial charge in [-0.25, -0.2) is 4.31 Å². The molecule has 0 spiro atoms. The maximum Gasteiger partial charge on any atom is 0.304 e. The van der Waals surface area contributed by atoms with E-state index in [1.165, 1.54) is 19.0 Å². The number of anilines is 1. The van der Waals surface area contributed by atoms with Gasteiger partial charge in [-0.2, -0.15) is 12.7 Å². The van der Waals surface area contributed by atoms with Crippen LogP contribution in [0.5, 0.6) is 0 Å². The summed E-state index contributed by atoms with van der Waals surface area (Å²) < 4.78 is 30.2. The predicted octanol–water partition coefficient (Wildman–Crippen LogP) is 4.45. The van der Waals surface area contributed by atoms with Crippen LogP contribution in [0.15, 0.2) is 77.3 Å². The number of benzene rings is 3. The molecule has 0 saturated heterocycles. The highest BCUT2D eigenvalue weighted by Crippen LogP contribution is 2.26. The molecule has 40 heavy (non-hydrogen) atoms. The Bertz CT molecular complexity index is 1410. The molecule has 0 bridgehead atoms. The molecule has 214 valence electrons. The minimum atomic E-state index is -4.04. The van der Waals surface area contributed by atoms with Crippen molar-refractivity contribution in [1.82, 2.24) is 14.5 Å². The van der Waals surface area contributed by atoms with Crippen LogP contribution in [0, 0.1) is 13.8 Å². The molecule has 0 fully saturated rings. The fourth-order valence-corrected chi connectivity index (χ4v) is 5.70. The molecule has 1 N–H and O–H groups in total. The molecule has 0 radical (unpaired) electrons. The van der Waals surface area contributed by atoms with Crippen molar-refractivity contribution in [3.63, 3.8) is 0 Å². The Labute approximate surface area is 246 Å². The maximum atomic E-state index is 14.2. The number of nitrogens with one attached hydrogen (secondary N) is 1. The van der Waals surface area contributed by atoms with Crippen LogP contribution in [0.3, 0.4) is 0 Å². The topological polar surface area (TPSA) is 90.0 Å². The highest BCUT2D eigenvalue weighted by molar-refractivity contribution is 9.10. The van der Waals surface area contributed by atoms with Crippen molar-refractivity contribution in [3.05, 3.63) is 99.5 Å². The van der Waals surface area contributed by atoms with Gasteiger partial charge in [-0.05, 0) is 61.2 Å². The molecule has 0 aliphatic carbocycles. The number of aryl methyl sites for hydroxylation is 2. The summed E-state index contributed by atoms with van der Waals surface area (Å²) in [4.78, 5) is 29.2. The van der Waals surface area contributed by atoms with E-state index < -0.39 is 28.7 Å². The third kappa shape index (κ3) is 7.93. The SMILES string of the molecule is CCNC(=O)[C@@H](Cc1ccccc1)N(Cc1ccc(Br)cc1)C(=O)CN(c1cc(C)ccc1C)S(=O)(=O)N(C)C. The van der Waals surface area contributed by atoms with Crippen molar-refractivity contribution in [2.24, 2.45) is 0 Å². The van der Waals surface area contributed by atoms with E-state index in [0.717, 1.165) is 29.8 Å². The first kappa shape index (κ1) is 31.3. The van der Waals surface area contributed by atoms with Gasteiger partial charge in [0.15, 0.2) is 0 Å². The smallest absolute Gasteiger partial charge is 0.304 e. The first-order chi connectivity index (χ1) is 18.9. The largest absolute Gasteiger partial charge is 0.355 e. The fourth-order valence-electron chi connectivity index (χ4n) is 4.32. The summed E-state index contributed by atoms with van der Waals surface area (Å²) in [5.41, 5.74) is 3.70. The monoisotopic (exact) mass is 628 g/mol. The number of hydrogen-bond donors (Lipinski definition) is 1. The van der Waals surface area contributed by atoms with Crippen LogP contribution >= 0.6 is 15.9 Å². The number of carbonyl (C=O) groups is 2. The number of hydrogen-bond acceptors (Lipinski definition) is 4. The van der Waals surface area contributed by atoms with E-state index in [0.29, 0.717) is 17.8 Å². The second kappa shape index (κ2) is 13.9. The standard InChI is InChI=1S/C30H37BrN4O4S/c1-6-32-30(37)28(19-24-10-8-7-9-11-24)34(20-25-14-16-26(31)17-15-25)29(36)21-35(40(38,39)33(4)5)27-18-22(2)12-13-23(27)3/h7-18,28H,6,19-21H2,1-5H3,(H,32,37)/t28-/m1/s1. The third-order valence-corrected chi connectivity index (χ3v) is 8.87. The molecule has 0 aliphatic heterocycles. The molecule has 2 amide bonds. The molecule has 0 heterocycles. The lowest BCUT2D eigenvalue weighted by Gasteiger charge is -2.34. The van der Waals surface area contributed by atoms with Gasteiger partial charge in [-0.15, -0.1) is 0 Å². The van der Waals surface area contributed by atoms with Crippen LogP contribution < -0.4 is 9.62 Å². The molecule has 10 heteroatoms. The second-order valence-electron chi connectivity index (χ2n) is 9.83. The van der Waals surface area contributed by atoms with Crippen LogP contribution in [0.1, 0.15) is 29.2 Å². The summed E-state index contributed by atoms with van der Waals surface area (Å²) in [7, 11) is -1.17. The number of carbonyl (C=O) groups excluding carboxylic acids is 2. The van der Waals surface area contributed by atoms with Crippen LogP contribution in [0.4, 0.5) is 5.69 Å². The van der Waals surface area contributed by atoms with E-state index in [9.17, 15) is 18.0 Å². The highest BCUT2D eigenvalue weighted by atomic mass is 79.9. The van der Waals surface area contributed by atoms with Gasteiger partial charge in [0.25, 0.3) is 0 Å². The Morgan fingerprint density at radius 2 is 1.57 bits per heavy atom. The summed E-state index contributed by atoms with van der Waals surface area (Å²) in [6.45, 7) is 5.56. The quantitative estimate of drug-likeness (QED) is 0.321. The van der Waals surface area contributed by atoms with Crippen molar-refractivity contribution in [2.75, 3.05) is 31.5 Å². The average Bonchev–Trinajstić information content (AvgIpc) is 2.92. The molecule has 0 aromatic heterocycles. The Hall–Kier alpha value is -3.21. The minimum absolute atomic E-state index is 0.128. The van der Waals surface area contributed by atoms with Gasteiger partial charge >= 0.3 is 10.2 Å². The first-order valence-corrected chi connectivity index (χ1v) is 15.3. The Kier molecular flexibility index (Phi) is 10.9. The van der Waals surface area contributed by atoms with Crippen LogP contribution in [-0.2, 0) is 32.8 Å². The lowest BCUT2D eigenvalue weighted by atomic mass is 10.0. The zero-order chi connectivity index (χ0) is 29.4. The van der Waals surface area contributed by atoms with E-state index in [-0.39, 0.29) is 18.9 Å². The van der Waals surface area contributed by atoms with Crippen LogP contribution in [0.2, 0.25) is 0 Å². The molecule has 3 aromatic carbocycles. The van der Waals surface area contributed by atoms with Gasteiger partial charge < -0.3 is 10.2 Å². The molecular weight excluding hydrogens is 592 g/mol. The molecule has 1 atom stereocenters. The first-order valence-electron chi connectivity index (χ1n) is 13.1. The van der Waals surface area contributed by atoms with Gasteiger partial charge in [-0.1, -0.05) is 70.5 Å². The fraction of sp³-hybridized carbons (Fsp3) is 0.333. The minimum Gasteiger partial charge on any atom is -0.355 e. The zero-order valence-corrected chi connectivity index (χ0v) is 26.0. The lowest BCUT2D eigenvalue weighted by molar-refractivity contribution is -0.140. The van der Waals surface area contributed by atoms with E-state index in [2.05, 4.69) is 21.2 Å². The molecule has 0 saturated carbocycles. The van der Waals surface area contributed by atoms with Gasteiger partial charge in [-0.3, -0.25) is 9.59 Å². The van der Waals surface area contributed by atoms with Crippen molar-refractivity contribution in [1.29, 1.82) is 0 Å². The summed E-state index contributed by atoms with van der Waals surface area (Å²) >= 11 is 3.44. The Morgan fingerprint density at radius 1 is 0.925 bits per heavy atom. The maximum absolute atomic E-state index is 14.2. The molecule has 3 rings (SSSR count). The van der Waals surface area contributed by atoms with Crippen molar-refractivity contribution < 1.29 is 18.0 Å². The highest BCUT2D eigenvalue weighted by Gasteiger charge is 2.35. The Balaban J connectivity index is 2.11. The van der Waals surface area contributed by atoms with Gasteiger partial charge in [0.05, 0.1) is 5.69 Å². The second-order valence-corrected chi connectivity index (χ2v) is 12.8.